The molecule has 326 valence electrons. The third-order valence-corrected chi connectivity index (χ3v) is 11.0. The molecule has 20 heteroatoms. The van der Waals surface area contributed by atoms with Crippen LogP contribution in [-0.2, 0) is 22.6 Å². The second-order valence-electron chi connectivity index (χ2n) is 14.6. The van der Waals surface area contributed by atoms with Gasteiger partial charge in [-0.05, 0) is 119 Å². The average molecular weight is 912 g/mol. The van der Waals surface area contributed by atoms with E-state index in [0.717, 1.165) is 16.7 Å². The third-order valence-electron chi connectivity index (χ3n) is 10.4. The van der Waals surface area contributed by atoms with E-state index in [0.29, 0.717) is 44.4 Å². The van der Waals surface area contributed by atoms with Crippen LogP contribution < -0.4 is 14.5 Å². The highest BCUT2D eigenvalue weighted by Crippen LogP contribution is 2.41. The summed E-state index contributed by atoms with van der Waals surface area (Å²) in [6.45, 7) is 0.383. The van der Waals surface area contributed by atoms with E-state index < -0.39 is 36.5 Å². The highest BCUT2D eigenvalue weighted by molar-refractivity contribution is 6.31. The van der Waals surface area contributed by atoms with Gasteiger partial charge in [-0.25, -0.2) is 9.59 Å². The molecule has 0 bridgehead atoms. The van der Waals surface area contributed by atoms with Crippen LogP contribution in [0.4, 0.5) is 21.0 Å². The number of benzene rings is 4. The maximum Gasteiger partial charge on any atom is 0.415 e. The Bertz CT molecular complexity index is 2910. The summed E-state index contributed by atoms with van der Waals surface area (Å²) in [5, 5.41) is 36.5. The largest absolute Gasteiger partial charge is 0.508 e. The van der Waals surface area contributed by atoms with Gasteiger partial charge in [0.05, 0.1) is 7.11 Å². The van der Waals surface area contributed by atoms with E-state index in [1.807, 2.05) is 42.5 Å². The average Bonchev–Trinajstić information content (AvgIpc) is 4.14. The van der Waals surface area contributed by atoms with Crippen LogP contribution in [-0.4, -0.2) is 87.0 Å². The number of phenolic OH excluding ortho intramolecular Hbond substituents is 1. The highest BCUT2D eigenvalue weighted by atomic mass is 35.5. The minimum atomic E-state index is -0.629. The minimum absolute atomic E-state index is 0.0920. The molecule has 2 saturated heterocycles. The molecule has 10 rings (SSSR count). The van der Waals surface area contributed by atoms with Crippen LogP contribution in [0.5, 0.6) is 11.5 Å². The summed E-state index contributed by atoms with van der Waals surface area (Å²) in [6.07, 6.45) is 4.47. The van der Waals surface area contributed by atoms with E-state index >= 15 is 0 Å². The topological polar surface area (TPSA) is 202 Å². The van der Waals surface area contributed by atoms with Crippen LogP contribution in [0.15, 0.2) is 146 Å². The maximum atomic E-state index is 13.0. The molecule has 2 amide bonds. The van der Waals surface area contributed by atoms with Gasteiger partial charge in [-0.2, -0.15) is 9.59 Å². The van der Waals surface area contributed by atoms with E-state index in [1.165, 1.54) is 14.5 Å². The van der Waals surface area contributed by atoms with Gasteiger partial charge in [0.15, 0.2) is 0 Å². The molecule has 0 unspecified atom stereocenters. The number of tetrazole rings is 2. The van der Waals surface area contributed by atoms with E-state index in [4.69, 9.17) is 37.4 Å². The number of rotatable bonds is 11. The number of hydrogen-bond acceptors (Lipinski definition) is 14. The summed E-state index contributed by atoms with van der Waals surface area (Å²) in [6, 6.07) is 34.5. The first-order chi connectivity index (χ1) is 31.7. The van der Waals surface area contributed by atoms with Gasteiger partial charge in [-0.3, -0.25) is 19.8 Å². The smallest absolute Gasteiger partial charge is 0.415 e. The number of amides is 2. The van der Waals surface area contributed by atoms with Gasteiger partial charge in [0, 0.05) is 57.3 Å². The van der Waals surface area contributed by atoms with Gasteiger partial charge in [-0.1, -0.05) is 47.5 Å². The molecule has 4 atom stereocenters. The SMILES string of the molecule is COc1cccc([C@H]2[C@H](Cn3nnc(-c4cccnc4)n3)OC(=O)N2c2ccc(Cl)cc2)c1.O=C1O[C@@H](Cn2nnc(-c3cccnc3)n2)[C@H](c2cccc(O)c2)N1c1ccc(Cl)cc1. The lowest BCUT2D eigenvalue weighted by Crippen LogP contribution is -2.31. The number of aromatic nitrogens is 10. The van der Waals surface area contributed by atoms with Crippen LogP contribution in [0.3, 0.4) is 0 Å². The fourth-order valence-corrected chi connectivity index (χ4v) is 7.77. The normalized spacial score (nSPS) is 17.9. The molecular formula is C45H36Cl2N12O6. The first-order valence-corrected chi connectivity index (χ1v) is 20.8. The van der Waals surface area contributed by atoms with Crippen molar-refractivity contribution in [3.63, 3.8) is 0 Å². The quantitative estimate of drug-likeness (QED) is 0.131. The molecule has 2 aliphatic heterocycles. The van der Waals surface area contributed by atoms with Crippen molar-refractivity contribution in [2.75, 3.05) is 16.9 Å². The van der Waals surface area contributed by atoms with Crippen molar-refractivity contribution >= 4 is 46.8 Å². The van der Waals surface area contributed by atoms with Gasteiger partial charge in [-0.15, -0.1) is 20.4 Å². The Morgan fingerprint density at radius 3 is 1.54 bits per heavy atom. The number of anilines is 2. The Balaban J connectivity index is 0.000000164. The Hall–Kier alpha value is -7.96. The number of halogens is 2. The molecule has 2 aliphatic rings. The summed E-state index contributed by atoms with van der Waals surface area (Å²) in [5.41, 5.74) is 4.34. The van der Waals surface area contributed by atoms with Crippen LogP contribution in [0, 0.1) is 0 Å². The molecule has 65 heavy (non-hydrogen) atoms. The molecule has 1 N–H and O–H groups in total. The van der Waals surface area contributed by atoms with E-state index in [2.05, 4.69) is 40.8 Å². The fraction of sp³-hybridized carbons (Fsp3) is 0.156. The van der Waals surface area contributed by atoms with Crippen molar-refractivity contribution < 1.29 is 28.9 Å². The van der Waals surface area contributed by atoms with E-state index in [9.17, 15) is 14.7 Å². The zero-order valence-corrected chi connectivity index (χ0v) is 35.7. The second kappa shape index (κ2) is 18.8. The van der Waals surface area contributed by atoms with Crippen LogP contribution in [0.2, 0.25) is 10.0 Å². The molecule has 4 aromatic carbocycles. The number of carbonyl (C=O) groups excluding carboxylic acids is 2. The monoisotopic (exact) mass is 910 g/mol. The van der Waals surface area contributed by atoms with Gasteiger partial charge >= 0.3 is 12.2 Å². The number of nitrogens with zero attached hydrogens (tertiary/aromatic N) is 12. The zero-order chi connectivity index (χ0) is 44.9. The number of pyridine rings is 2. The molecule has 2 fully saturated rings. The van der Waals surface area contributed by atoms with Crippen molar-refractivity contribution in [2.45, 2.75) is 37.4 Å². The Labute approximate surface area is 380 Å². The van der Waals surface area contributed by atoms with Gasteiger partial charge in [0.2, 0.25) is 11.6 Å². The second-order valence-corrected chi connectivity index (χ2v) is 15.5. The number of ether oxygens (including phenoxy) is 3. The Morgan fingerprint density at radius 1 is 0.615 bits per heavy atom. The number of phenols is 1. The first-order valence-electron chi connectivity index (χ1n) is 20.0. The lowest BCUT2D eigenvalue weighted by molar-refractivity contribution is 0.113. The van der Waals surface area contributed by atoms with Crippen molar-refractivity contribution in [2.24, 2.45) is 0 Å². The van der Waals surface area contributed by atoms with E-state index in [1.54, 1.807) is 116 Å². The van der Waals surface area contributed by atoms with Crippen LogP contribution in [0.25, 0.3) is 22.8 Å². The van der Waals surface area contributed by atoms with Crippen LogP contribution in [0.1, 0.15) is 23.2 Å². The van der Waals surface area contributed by atoms with Gasteiger partial charge in [0.1, 0.15) is 48.9 Å². The summed E-state index contributed by atoms with van der Waals surface area (Å²) in [4.78, 5) is 40.0. The third kappa shape index (κ3) is 9.39. The number of methoxy groups -OCH3 is 1. The molecule has 8 aromatic rings. The van der Waals surface area contributed by atoms with Crippen molar-refractivity contribution in [1.29, 1.82) is 0 Å². The molecule has 18 nitrogen and oxygen atoms in total. The van der Waals surface area contributed by atoms with E-state index in [-0.39, 0.29) is 18.8 Å². The summed E-state index contributed by atoms with van der Waals surface area (Å²) >= 11 is 12.1. The predicted octanol–water partition coefficient (Wildman–Crippen LogP) is 8.02. The molecule has 0 radical (unpaired) electrons. The summed E-state index contributed by atoms with van der Waals surface area (Å²) in [7, 11) is 1.60. The molecule has 4 aromatic heterocycles. The fourth-order valence-electron chi connectivity index (χ4n) is 7.52. The number of hydrogen-bond donors (Lipinski definition) is 1. The lowest BCUT2D eigenvalue weighted by atomic mass is 9.99. The molecule has 6 heterocycles. The molecule has 0 aliphatic carbocycles. The summed E-state index contributed by atoms with van der Waals surface area (Å²) in [5.74, 6) is 1.64. The first kappa shape index (κ1) is 42.3. The Kier molecular flexibility index (Phi) is 12.2. The number of cyclic esters (lactones) is 2. The zero-order valence-electron chi connectivity index (χ0n) is 34.2. The Morgan fingerprint density at radius 2 is 1.09 bits per heavy atom. The lowest BCUT2D eigenvalue weighted by Gasteiger charge is -2.25. The van der Waals surface area contributed by atoms with Crippen molar-refractivity contribution in [3.8, 4) is 34.3 Å². The predicted molar refractivity (Wildman–Crippen MR) is 237 cm³/mol. The van der Waals surface area contributed by atoms with Crippen molar-refractivity contribution in [3.05, 3.63) is 167 Å². The number of carbonyl (C=O) groups is 2. The van der Waals surface area contributed by atoms with Crippen LogP contribution >= 0.6 is 23.2 Å². The van der Waals surface area contributed by atoms with Gasteiger partial charge in [0.25, 0.3) is 0 Å². The molecular weight excluding hydrogens is 875 g/mol. The minimum Gasteiger partial charge on any atom is -0.508 e. The standard InChI is InChI=1S/C23H19ClN6O3.C22H17ClN6O3/c1-32-19-6-2-4-15(12-19)21-20(33-23(31)30(21)18-9-7-17(24)8-10-18)14-29-27-22(26-28-29)16-5-3-11-25-13-16;23-16-6-8-17(9-7-16)29-20(14-3-1-5-18(30)11-14)19(32-22(29)31)13-28-26-21(25-27-28)15-4-2-10-24-12-15/h2-13,20-21H,14H2,1H3;1-12,19-20,30H,13H2/t20-,21-;19-,20-/m00/s1. The summed E-state index contributed by atoms with van der Waals surface area (Å²) < 4.78 is 16.9. The van der Waals surface area contributed by atoms with Gasteiger partial charge < -0.3 is 19.3 Å². The molecule has 0 spiro atoms. The molecule has 0 saturated carbocycles. The number of aromatic hydroxyl groups is 1. The highest BCUT2D eigenvalue weighted by Gasteiger charge is 2.46. The maximum absolute atomic E-state index is 13.0. The van der Waals surface area contributed by atoms with Crippen molar-refractivity contribution in [1.82, 2.24) is 50.4 Å².